The third-order valence-electron chi connectivity index (χ3n) is 1.35. The minimum atomic E-state index is 0.105. The van der Waals surface area contributed by atoms with Crippen LogP contribution in [0.5, 0.6) is 0 Å². The highest BCUT2D eigenvalue weighted by Crippen LogP contribution is 2.26. The molecule has 1 heterocycles. The maximum atomic E-state index is 8.79. The fourth-order valence-corrected chi connectivity index (χ4v) is 1.56. The van der Waals surface area contributed by atoms with Crippen LogP contribution in [0.3, 0.4) is 0 Å². The van der Waals surface area contributed by atoms with E-state index in [4.69, 9.17) is 5.11 Å². The second-order valence-corrected chi connectivity index (χ2v) is 4.66. The van der Waals surface area contributed by atoms with Crippen molar-refractivity contribution >= 4 is 11.3 Å². The summed E-state index contributed by atoms with van der Waals surface area (Å²) in [4.78, 5) is 5.16. The fourth-order valence-electron chi connectivity index (χ4n) is 0.727. The zero-order chi connectivity index (χ0) is 8.48. The summed E-state index contributed by atoms with van der Waals surface area (Å²) in [6, 6.07) is 0. The van der Waals surface area contributed by atoms with Crippen molar-refractivity contribution in [1.82, 2.24) is 4.98 Å². The van der Waals surface area contributed by atoms with Crippen LogP contribution in [-0.2, 0) is 12.0 Å². The fraction of sp³-hybridized carbons (Fsp3) is 0.625. The lowest BCUT2D eigenvalue weighted by molar-refractivity contribution is 0.285. The van der Waals surface area contributed by atoms with Gasteiger partial charge >= 0.3 is 0 Å². The summed E-state index contributed by atoms with van der Waals surface area (Å²) >= 11 is 1.58. The van der Waals surface area contributed by atoms with E-state index >= 15 is 0 Å². The molecule has 0 unspecified atom stereocenters. The number of hydrogen-bond acceptors (Lipinski definition) is 3. The second kappa shape index (κ2) is 2.91. The van der Waals surface area contributed by atoms with Crippen molar-refractivity contribution in [2.24, 2.45) is 0 Å². The summed E-state index contributed by atoms with van der Waals surface area (Å²) < 4.78 is 0. The number of hydrogen-bond donors (Lipinski definition) is 1. The van der Waals surface area contributed by atoms with Crippen molar-refractivity contribution in [3.63, 3.8) is 0 Å². The first kappa shape index (κ1) is 8.68. The molecule has 11 heavy (non-hydrogen) atoms. The molecule has 1 N–H and O–H groups in total. The van der Waals surface area contributed by atoms with Crippen molar-refractivity contribution in [3.8, 4) is 0 Å². The molecule has 3 heteroatoms. The summed E-state index contributed by atoms with van der Waals surface area (Å²) in [6.45, 7) is 6.46. The first-order chi connectivity index (χ1) is 5.04. The van der Waals surface area contributed by atoms with Crippen LogP contribution in [0.4, 0.5) is 0 Å². The number of thiazole rings is 1. The lowest BCUT2D eigenvalue weighted by atomic mass is 9.98. The first-order valence-electron chi connectivity index (χ1n) is 3.60. The van der Waals surface area contributed by atoms with E-state index in [2.05, 4.69) is 25.8 Å². The minimum Gasteiger partial charge on any atom is -0.391 e. The molecule has 0 radical (unpaired) electrons. The quantitative estimate of drug-likeness (QED) is 0.700. The number of nitrogens with zero attached hydrogens (tertiary/aromatic N) is 1. The number of rotatable bonds is 1. The van der Waals surface area contributed by atoms with Crippen LogP contribution in [-0.4, -0.2) is 10.1 Å². The van der Waals surface area contributed by atoms with E-state index in [0.717, 1.165) is 9.88 Å². The van der Waals surface area contributed by atoms with Gasteiger partial charge in [0.25, 0.3) is 0 Å². The second-order valence-electron chi connectivity index (χ2n) is 3.54. The van der Waals surface area contributed by atoms with Gasteiger partial charge in [-0.2, -0.15) is 0 Å². The van der Waals surface area contributed by atoms with Crippen molar-refractivity contribution < 1.29 is 5.11 Å². The zero-order valence-corrected chi connectivity index (χ0v) is 7.90. The van der Waals surface area contributed by atoms with Crippen LogP contribution in [0.2, 0.25) is 0 Å². The van der Waals surface area contributed by atoms with Crippen LogP contribution in [0.25, 0.3) is 0 Å². The number of aliphatic hydroxyl groups is 1. The summed E-state index contributed by atoms with van der Waals surface area (Å²) in [5.41, 5.74) is 0.109. The zero-order valence-electron chi connectivity index (χ0n) is 7.09. The van der Waals surface area contributed by atoms with Gasteiger partial charge in [0.1, 0.15) is 0 Å². The topological polar surface area (TPSA) is 33.1 Å². The maximum Gasteiger partial charge on any atom is 0.0982 e. The van der Waals surface area contributed by atoms with Crippen molar-refractivity contribution in [2.75, 3.05) is 0 Å². The maximum absolute atomic E-state index is 8.79. The monoisotopic (exact) mass is 171 g/mol. The third-order valence-corrected chi connectivity index (χ3v) is 2.76. The Kier molecular flexibility index (Phi) is 2.30. The van der Waals surface area contributed by atoms with Crippen molar-refractivity contribution in [1.29, 1.82) is 0 Å². The molecular formula is C8H13NOS. The molecular weight excluding hydrogens is 158 g/mol. The van der Waals surface area contributed by atoms with Gasteiger partial charge in [0, 0.05) is 11.6 Å². The SMILES string of the molecule is CC(C)(C)c1ncc(CO)s1. The van der Waals surface area contributed by atoms with Crippen LogP contribution >= 0.6 is 11.3 Å². The van der Waals surface area contributed by atoms with Gasteiger partial charge in [-0.15, -0.1) is 11.3 Å². The standard InChI is InChI=1S/C8H13NOS/c1-8(2,3)7-9-4-6(5-10)11-7/h4,10H,5H2,1-3H3. The highest BCUT2D eigenvalue weighted by molar-refractivity contribution is 7.11. The molecule has 0 aliphatic rings. The van der Waals surface area contributed by atoms with E-state index in [9.17, 15) is 0 Å². The molecule has 0 amide bonds. The lowest BCUT2D eigenvalue weighted by Crippen LogP contribution is -2.09. The van der Waals surface area contributed by atoms with Crippen LogP contribution in [0.1, 0.15) is 30.7 Å². The summed E-state index contributed by atoms with van der Waals surface area (Å²) in [5, 5.41) is 9.87. The highest BCUT2D eigenvalue weighted by Gasteiger charge is 2.17. The van der Waals surface area contributed by atoms with Gasteiger partial charge in [-0.05, 0) is 0 Å². The van der Waals surface area contributed by atoms with Crippen molar-refractivity contribution in [2.45, 2.75) is 32.8 Å². The van der Waals surface area contributed by atoms with Gasteiger partial charge in [-0.3, -0.25) is 0 Å². The molecule has 62 valence electrons. The normalized spacial score (nSPS) is 12.0. The molecule has 1 aromatic rings. The van der Waals surface area contributed by atoms with E-state index in [1.165, 1.54) is 0 Å². The molecule has 1 rings (SSSR count). The smallest absolute Gasteiger partial charge is 0.0982 e. The molecule has 0 bridgehead atoms. The Morgan fingerprint density at radius 2 is 2.18 bits per heavy atom. The molecule has 0 spiro atoms. The largest absolute Gasteiger partial charge is 0.391 e. The van der Waals surface area contributed by atoms with Gasteiger partial charge in [0.2, 0.25) is 0 Å². The number of aliphatic hydroxyl groups excluding tert-OH is 1. The molecule has 0 saturated carbocycles. The van der Waals surface area contributed by atoms with E-state index in [1.54, 1.807) is 17.5 Å². The molecule has 0 fully saturated rings. The minimum absolute atomic E-state index is 0.105. The van der Waals surface area contributed by atoms with E-state index in [1.807, 2.05) is 0 Å². The van der Waals surface area contributed by atoms with Crippen molar-refractivity contribution in [3.05, 3.63) is 16.1 Å². The Morgan fingerprint density at radius 1 is 1.55 bits per heavy atom. The molecule has 1 aromatic heterocycles. The van der Waals surface area contributed by atoms with Crippen LogP contribution in [0.15, 0.2) is 6.20 Å². The molecule has 0 aliphatic carbocycles. The predicted molar refractivity (Wildman–Crippen MR) is 46.7 cm³/mol. The number of aromatic nitrogens is 1. The van der Waals surface area contributed by atoms with E-state index in [0.29, 0.717) is 0 Å². The van der Waals surface area contributed by atoms with Crippen LogP contribution < -0.4 is 0 Å². The molecule has 0 aromatic carbocycles. The summed E-state index contributed by atoms with van der Waals surface area (Å²) in [6.07, 6.45) is 1.74. The highest BCUT2D eigenvalue weighted by atomic mass is 32.1. The van der Waals surface area contributed by atoms with Gasteiger partial charge in [-0.1, -0.05) is 20.8 Å². The van der Waals surface area contributed by atoms with Gasteiger partial charge in [0.15, 0.2) is 0 Å². The average Bonchev–Trinajstić information content (AvgIpc) is 2.32. The molecule has 0 saturated heterocycles. The Labute approximate surface area is 70.9 Å². The Bertz CT molecular complexity index is 236. The first-order valence-corrected chi connectivity index (χ1v) is 4.42. The molecule has 0 atom stereocenters. The summed E-state index contributed by atoms with van der Waals surface area (Å²) in [7, 11) is 0. The molecule has 0 aliphatic heterocycles. The Morgan fingerprint density at radius 3 is 2.45 bits per heavy atom. The third kappa shape index (κ3) is 2.01. The average molecular weight is 171 g/mol. The van der Waals surface area contributed by atoms with Gasteiger partial charge in [-0.25, -0.2) is 4.98 Å². The predicted octanol–water partition coefficient (Wildman–Crippen LogP) is 1.93. The van der Waals surface area contributed by atoms with Gasteiger partial charge in [0.05, 0.1) is 16.5 Å². The van der Waals surface area contributed by atoms with E-state index in [-0.39, 0.29) is 12.0 Å². The Hall–Kier alpha value is -0.410. The Balaban J connectivity index is 2.89. The summed E-state index contributed by atoms with van der Waals surface area (Å²) in [5.74, 6) is 0. The molecule has 2 nitrogen and oxygen atoms in total. The lowest BCUT2D eigenvalue weighted by Gasteiger charge is -2.13. The van der Waals surface area contributed by atoms with Crippen LogP contribution in [0, 0.1) is 0 Å². The van der Waals surface area contributed by atoms with E-state index < -0.39 is 0 Å². The van der Waals surface area contributed by atoms with Gasteiger partial charge < -0.3 is 5.11 Å².